The van der Waals surface area contributed by atoms with E-state index in [2.05, 4.69) is 21.2 Å². The molecule has 5 heteroatoms. The van der Waals surface area contributed by atoms with Gasteiger partial charge < -0.3 is 10.4 Å². The lowest BCUT2D eigenvalue weighted by Gasteiger charge is -2.17. The lowest BCUT2D eigenvalue weighted by atomic mass is 10.1. The van der Waals surface area contributed by atoms with E-state index >= 15 is 0 Å². The minimum absolute atomic E-state index is 0.179. The summed E-state index contributed by atoms with van der Waals surface area (Å²) >= 11 is 9.32. The fourth-order valence-electron chi connectivity index (χ4n) is 1.83. The molecule has 2 rings (SSSR count). The van der Waals surface area contributed by atoms with Crippen molar-refractivity contribution in [1.82, 2.24) is 5.32 Å². The molecule has 0 aliphatic carbocycles. The van der Waals surface area contributed by atoms with Crippen molar-refractivity contribution < 1.29 is 9.90 Å². The fraction of sp³-hybridized carbons (Fsp3) is 0.133. The Morgan fingerprint density at radius 1 is 1.25 bits per heavy atom. The molecule has 0 heterocycles. The molecule has 2 N–H and O–H groups in total. The van der Waals surface area contributed by atoms with Crippen LogP contribution in [0.15, 0.2) is 53.0 Å². The third-order valence-electron chi connectivity index (χ3n) is 2.86. The largest absolute Gasteiger partial charge is 0.394 e. The number of nitrogens with one attached hydrogen (secondary N) is 1. The summed E-state index contributed by atoms with van der Waals surface area (Å²) in [5.74, 6) is -0.320. The van der Waals surface area contributed by atoms with Crippen molar-refractivity contribution in [3.8, 4) is 0 Å². The number of hydrogen-bond donors (Lipinski definition) is 2. The van der Waals surface area contributed by atoms with Gasteiger partial charge in [-0.05, 0) is 23.8 Å². The van der Waals surface area contributed by atoms with Crippen molar-refractivity contribution in [3.05, 3.63) is 69.2 Å². The Kier molecular flexibility index (Phi) is 5.17. The molecule has 104 valence electrons. The summed E-state index contributed by atoms with van der Waals surface area (Å²) in [5, 5.41) is 12.6. The Balaban J connectivity index is 2.20. The van der Waals surface area contributed by atoms with E-state index in [1.807, 2.05) is 30.3 Å². The molecule has 2 aromatic rings. The van der Waals surface area contributed by atoms with Gasteiger partial charge in [-0.25, -0.2) is 0 Å². The molecule has 1 atom stereocenters. The highest BCUT2D eigenvalue weighted by molar-refractivity contribution is 9.10. The van der Waals surface area contributed by atoms with E-state index in [1.54, 1.807) is 18.2 Å². The molecule has 0 aliphatic heterocycles. The number of carbonyl (C=O) groups is 1. The average molecular weight is 355 g/mol. The molecule has 0 bridgehead atoms. The van der Waals surface area contributed by atoms with Gasteiger partial charge in [-0.1, -0.05) is 57.9 Å². The highest BCUT2D eigenvalue weighted by Gasteiger charge is 2.17. The van der Waals surface area contributed by atoms with E-state index in [-0.39, 0.29) is 12.5 Å². The smallest absolute Gasteiger partial charge is 0.253 e. The van der Waals surface area contributed by atoms with Crippen LogP contribution in [-0.2, 0) is 0 Å². The molecule has 2 aromatic carbocycles. The quantitative estimate of drug-likeness (QED) is 0.882. The summed E-state index contributed by atoms with van der Waals surface area (Å²) in [6, 6.07) is 13.9. The van der Waals surface area contributed by atoms with E-state index in [4.69, 9.17) is 11.6 Å². The van der Waals surface area contributed by atoms with Gasteiger partial charge in [-0.15, -0.1) is 0 Å². The lowest BCUT2D eigenvalue weighted by molar-refractivity contribution is 0.0916. The van der Waals surface area contributed by atoms with Gasteiger partial charge in [-0.2, -0.15) is 0 Å². The molecule has 0 aliphatic rings. The zero-order valence-electron chi connectivity index (χ0n) is 10.5. The predicted molar refractivity (Wildman–Crippen MR) is 82.9 cm³/mol. The number of amides is 1. The van der Waals surface area contributed by atoms with Crippen molar-refractivity contribution in [1.29, 1.82) is 0 Å². The van der Waals surface area contributed by atoms with E-state index in [0.717, 1.165) is 10.0 Å². The van der Waals surface area contributed by atoms with Crippen LogP contribution < -0.4 is 5.32 Å². The van der Waals surface area contributed by atoms with Crippen LogP contribution in [0.4, 0.5) is 0 Å². The maximum absolute atomic E-state index is 12.2. The summed E-state index contributed by atoms with van der Waals surface area (Å²) < 4.78 is 0.771. The van der Waals surface area contributed by atoms with Crippen LogP contribution in [0, 0.1) is 0 Å². The van der Waals surface area contributed by atoms with Gasteiger partial charge >= 0.3 is 0 Å². The number of aliphatic hydroxyl groups excluding tert-OH is 1. The van der Waals surface area contributed by atoms with E-state index in [1.165, 1.54) is 0 Å². The van der Waals surface area contributed by atoms with Gasteiger partial charge in [-0.3, -0.25) is 4.79 Å². The molecule has 20 heavy (non-hydrogen) atoms. The summed E-state index contributed by atoms with van der Waals surface area (Å²) in [4.78, 5) is 12.2. The number of aliphatic hydroxyl groups is 1. The van der Waals surface area contributed by atoms with Crippen LogP contribution in [0.1, 0.15) is 22.0 Å². The first-order valence-corrected chi connectivity index (χ1v) is 7.20. The van der Waals surface area contributed by atoms with Crippen molar-refractivity contribution in [2.24, 2.45) is 0 Å². The summed E-state index contributed by atoms with van der Waals surface area (Å²) in [5.41, 5.74) is 1.21. The molecule has 3 nitrogen and oxygen atoms in total. The summed E-state index contributed by atoms with van der Waals surface area (Å²) in [6.45, 7) is -0.179. The second kappa shape index (κ2) is 6.88. The molecule has 0 radical (unpaired) electrons. The highest BCUT2D eigenvalue weighted by atomic mass is 79.9. The van der Waals surface area contributed by atoms with E-state index in [9.17, 15) is 9.90 Å². The first-order valence-electron chi connectivity index (χ1n) is 6.03. The van der Waals surface area contributed by atoms with Crippen LogP contribution in [-0.4, -0.2) is 17.6 Å². The molecule has 0 saturated heterocycles. The second-order valence-corrected chi connectivity index (χ2v) is 5.57. The number of halogens is 2. The van der Waals surface area contributed by atoms with Crippen molar-refractivity contribution in [2.45, 2.75) is 6.04 Å². The number of benzene rings is 2. The van der Waals surface area contributed by atoms with Crippen LogP contribution in [0.3, 0.4) is 0 Å². The molecule has 0 aromatic heterocycles. The van der Waals surface area contributed by atoms with Gasteiger partial charge in [0.1, 0.15) is 0 Å². The number of carbonyl (C=O) groups excluding carboxylic acids is 1. The highest BCUT2D eigenvalue weighted by Crippen LogP contribution is 2.22. The lowest BCUT2D eigenvalue weighted by Crippen LogP contribution is -2.31. The van der Waals surface area contributed by atoms with Crippen LogP contribution in [0.5, 0.6) is 0 Å². The van der Waals surface area contributed by atoms with Gasteiger partial charge in [0.25, 0.3) is 5.91 Å². The Bertz CT molecular complexity index is 604. The summed E-state index contributed by atoms with van der Waals surface area (Å²) in [7, 11) is 0. The number of rotatable bonds is 4. The van der Waals surface area contributed by atoms with Gasteiger partial charge in [0.2, 0.25) is 0 Å². The van der Waals surface area contributed by atoms with Crippen molar-refractivity contribution in [2.75, 3.05) is 6.61 Å². The maximum Gasteiger partial charge on any atom is 0.253 e. The van der Waals surface area contributed by atoms with Crippen molar-refractivity contribution in [3.63, 3.8) is 0 Å². The SMILES string of the molecule is O=C(N[C@H](CO)c1ccccc1)c1cc(Br)ccc1Cl. The maximum atomic E-state index is 12.2. The van der Waals surface area contributed by atoms with Gasteiger partial charge in [0.15, 0.2) is 0 Å². The molecule has 0 spiro atoms. The minimum Gasteiger partial charge on any atom is -0.394 e. The third-order valence-corrected chi connectivity index (χ3v) is 3.69. The molecular weight excluding hydrogens is 342 g/mol. The standard InChI is InChI=1S/C15H13BrClNO2/c16-11-6-7-13(17)12(8-11)15(20)18-14(9-19)10-4-2-1-3-5-10/h1-8,14,19H,9H2,(H,18,20)/t14-/m1/s1. The Morgan fingerprint density at radius 2 is 1.95 bits per heavy atom. The predicted octanol–water partition coefficient (Wildman–Crippen LogP) is 3.57. The Labute approximate surface area is 130 Å². The Hall–Kier alpha value is -1.36. The van der Waals surface area contributed by atoms with Gasteiger partial charge in [0, 0.05) is 4.47 Å². The van der Waals surface area contributed by atoms with Gasteiger partial charge in [0.05, 0.1) is 23.2 Å². The first kappa shape index (κ1) is 15.0. The second-order valence-electron chi connectivity index (χ2n) is 4.24. The number of hydrogen-bond acceptors (Lipinski definition) is 2. The first-order chi connectivity index (χ1) is 9.61. The third kappa shape index (κ3) is 3.60. The van der Waals surface area contributed by atoms with Crippen LogP contribution in [0.2, 0.25) is 5.02 Å². The van der Waals surface area contributed by atoms with Crippen LogP contribution >= 0.6 is 27.5 Å². The normalized spacial score (nSPS) is 11.9. The monoisotopic (exact) mass is 353 g/mol. The van der Waals surface area contributed by atoms with Crippen molar-refractivity contribution >= 4 is 33.4 Å². The minimum atomic E-state index is -0.459. The molecule has 1 amide bonds. The Morgan fingerprint density at radius 3 is 2.60 bits per heavy atom. The topological polar surface area (TPSA) is 49.3 Å². The molecule has 0 unspecified atom stereocenters. The van der Waals surface area contributed by atoms with Crippen LogP contribution in [0.25, 0.3) is 0 Å². The molecule has 0 fully saturated rings. The molecule has 0 saturated carbocycles. The summed E-state index contributed by atoms with van der Waals surface area (Å²) in [6.07, 6.45) is 0. The van der Waals surface area contributed by atoms with E-state index < -0.39 is 6.04 Å². The fourth-order valence-corrected chi connectivity index (χ4v) is 2.39. The zero-order chi connectivity index (χ0) is 14.5. The van der Waals surface area contributed by atoms with E-state index in [0.29, 0.717) is 10.6 Å². The zero-order valence-corrected chi connectivity index (χ0v) is 12.9. The average Bonchev–Trinajstić information content (AvgIpc) is 2.48. The molecular formula is C15H13BrClNO2.